The standard InChI is InChI=1S/C41H56O4/c1-29(18-14-20-31(3)22-23-35-37(33(5)42)36(44-11)28-38(35,6)7)16-12-13-17-30(2)19-15-21-32(4)24-25-41-39(8,9)26-34(43)27-40(41,10)45-41/h12-25,34,36,43H,26-28H2,1-11H3/b13-12+,18-14+,19-15+,23-22+,25-24+,29-16+,30-17+,31-20+,32-21-/t34-,36-,40+,41-/m0/s1. The van der Waals surface area contributed by atoms with Crippen LogP contribution in [0.2, 0.25) is 0 Å². The zero-order valence-corrected chi connectivity index (χ0v) is 29.5. The molecular formula is C41H56O4. The molecule has 1 saturated carbocycles. The molecule has 3 rings (SSSR count). The van der Waals surface area contributed by atoms with E-state index in [0.29, 0.717) is 6.42 Å². The van der Waals surface area contributed by atoms with E-state index in [0.717, 1.165) is 46.3 Å². The summed E-state index contributed by atoms with van der Waals surface area (Å²) in [4.78, 5) is 12.3. The van der Waals surface area contributed by atoms with Gasteiger partial charge in [0.05, 0.1) is 12.2 Å². The van der Waals surface area contributed by atoms with Gasteiger partial charge in [-0.2, -0.15) is 0 Å². The number of fused-ring (bicyclic) bond motifs is 1. The number of methoxy groups -OCH3 is 1. The predicted molar refractivity (Wildman–Crippen MR) is 189 cm³/mol. The third-order valence-electron chi connectivity index (χ3n) is 9.57. The van der Waals surface area contributed by atoms with Crippen LogP contribution in [0.4, 0.5) is 0 Å². The second-order valence-corrected chi connectivity index (χ2v) is 14.6. The summed E-state index contributed by atoms with van der Waals surface area (Å²) in [5.74, 6) is 0.0850. The molecule has 0 unspecified atom stereocenters. The second kappa shape index (κ2) is 14.6. The van der Waals surface area contributed by atoms with Crippen molar-refractivity contribution in [2.24, 2.45) is 10.8 Å². The van der Waals surface area contributed by atoms with Gasteiger partial charge in [-0.05, 0) is 71.4 Å². The van der Waals surface area contributed by atoms with E-state index in [1.807, 2.05) is 0 Å². The molecule has 0 aromatic carbocycles. The minimum absolute atomic E-state index is 0.0850. The van der Waals surface area contributed by atoms with E-state index in [4.69, 9.17) is 9.47 Å². The quantitative estimate of drug-likeness (QED) is 0.176. The molecule has 3 aliphatic rings. The van der Waals surface area contributed by atoms with Crippen LogP contribution >= 0.6 is 0 Å². The van der Waals surface area contributed by atoms with E-state index in [1.165, 1.54) is 0 Å². The van der Waals surface area contributed by atoms with Gasteiger partial charge in [0.25, 0.3) is 0 Å². The van der Waals surface area contributed by atoms with Crippen LogP contribution in [0, 0.1) is 10.8 Å². The van der Waals surface area contributed by atoms with E-state index in [2.05, 4.69) is 147 Å². The molecule has 244 valence electrons. The second-order valence-electron chi connectivity index (χ2n) is 14.6. The monoisotopic (exact) mass is 612 g/mol. The van der Waals surface area contributed by atoms with E-state index >= 15 is 0 Å². The van der Waals surface area contributed by atoms with Crippen molar-refractivity contribution in [1.82, 2.24) is 0 Å². The van der Waals surface area contributed by atoms with Crippen LogP contribution in [-0.4, -0.2) is 41.4 Å². The Morgan fingerprint density at radius 2 is 1.27 bits per heavy atom. The van der Waals surface area contributed by atoms with Crippen LogP contribution in [0.1, 0.15) is 88.5 Å². The summed E-state index contributed by atoms with van der Waals surface area (Å²) in [5, 5.41) is 10.3. The average molecular weight is 613 g/mol. The number of hydrogen-bond acceptors (Lipinski definition) is 4. The van der Waals surface area contributed by atoms with Gasteiger partial charge in [0, 0.05) is 24.5 Å². The molecule has 1 N–H and O–H groups in total. The average Bonchev–Trinajstić information content (AvgIpc) is 3.46. The number of Topliss-reactive ketones (excluding diaryl/α,β-unsaturated/α-hetero) is 1. The Morgan fingerprint density at radius 1 is 0.756 bits per heavy atom. The number of rotatable bonds is 12. The molecule has 0 radical (unpaired) electrons. The van der Waals surface area contributed by atoms with Gasteiger partial charge in [-0.25, -0.2) is 0 Å². The van der Waals surface area contributed by atoms with Crippen LogP contribution in [0.25, 0.3) is 0 Å². The van der Waals surface area contributed by atoms with Crippen molar-refractivity contribution >= 4 is 5.78 Å². The Bertz CT molecular complexity index is 1430. The molecule has 0 bridgehead atoms. The first-order valence-corrected chi connectivity index (χ1v) is 16.2. The lowest BCUT2D eigenvalue weighted by Crippen LogP contribution is -2.46. The summed E-state index contributed by atoms with van der Waals surface area (Å²) in [6.45, 7) is 20.8. The van der Waals surface area contributed by atoms with Crippen LogP contribution < -0.4 is 0 Å². The minimum atomic E-state index is -0.299. The van der Waals surface area contributed by atoms with Crippen LogP contribution in [0.15, 0.2) is 119 Å². The molecule has 0 aromatic heterocycles. The summed E-state index contributed by atoms with van der Waals surface area (Å²) < 4.78 is 11.8. The zero-order chi connectivity index (χ0) is 33.6. The molecule has 4 heteroatoms. The van der Waals surface area contributed by atoms with Gasteiger partial charge in [-0.15, -0.1) is 0 Å². The van der Waals surface area contributed by atoms with Gasteiger partial charge < -0.3 is 14.6 Å². The Kier molecular flexibility index (Phi) is 11.8. The molecule has 2 aliphatic carbocycles. The Hall–Kier alpha value is -3.05. The van der Waals surface area contributed by atoms with Gasteiger partial charge in [0.1, 0.15) is 11.2 Å². The van der Waals surface area contributed by atoms with Gasteiger partial charge >= 0.3 is 0 Å². The number of ether oxygens (including phenoxy) is 2. The molecule has 0 aromatic rings. The van der Waals surface area contributed by atoms with E-state index in [9.17, 15) is 9.90 Å². The smallest absolute Gasteiger partial charge is 0.158 e. The van der Waals surface area contributed by atoms with Crippen molar-refractivity contribution in [2.45, 2.75) is 112 Å². The molecule has 1 aliphatic heterocycles. The largest absolute Gasteiger partial charge is 0.393 e. The molecule has 2 fully saturated rings. The topological polar surface area (TPSA) is 59.1 Å². The SMILES string of the molecule is CO[C@H]1CC(C)(C)C(/C=C/C(C)=C/C=C/C(C)=C/C=C/C=C(C)/C=C/C=C(C)\C=C\[C@@]23O[C@]2(C)C[C@@H](O)CC3(C)C)=C1C(C)=O. The lowest BCUT2D eigenvalue weighted by molar-refractivity contribution is -0.114. The highest BCUT2D eigenvalue weighted by atomic mass is 16.6. The Labute approximate surface area is 273 Å². The number of epoxide rings is 1. The summed E-state index contributed by atoms with van der Waals surface area (Å²) in [7, 11) is 1.68. The molecular weight excluding hydrogens is 556 g/mol. The number of carbonyl (C=O) groups excluding carboxylic acids is 1. The van der Waals surface area contributed by atoms with Crippen LogP contribution in [0.3, 0.4) is 0 Å². The number of hydrogen-bond donors (Lipinski definition) is 1. The third kappa shape index (κ3) is 8.82. The number of carbonyl (C=O) groups is 1. The molecule has 1 saturated heterocycles. The van der Waals surface area contributed by atoms with E-state index in [-0.39, 0.29) is 40.0 Å². The predicted octanol–water partition coefficient (Wildman–Crippen LogP) is 9.59. The molecule has 0 spiro atoms. The highest BCUT2D eigenvalue weighted by molar-refractivity contribution is 5.96. The maximum atomic E-state index is 12.3. The molecule has 4 atom stereocenters. The number of ketones is 1. The molecule has 4 nitrogen and oxygen atoms in total. The normalized spacial score (nSPS) is 31.0. The number of allylic oxidation sites excluding steroid dienone is 18. The fourth-order valence-electron chi connectivity index (χ4n) is 7.03. The van der Waals surface area contributed by atoms with Crippen molar-refractivity contribution in [3.8, 4) is 0 Å². The number of aliphatic hydroxyl groups excluding tert-OH is 1. The Morgan fingerprint density at radius 3 is 1.78 bits per heavy atom. The molecule has 0 amide bonds. The lowest BCUT2D eigenvalue weighted by Gasteiger charge is -2.39. The first-order chi connectivity index (χ1) is 21.0. The minimum Gasteiger partial charge on any atom is -0.393 e. The summed E-state index contributed by atoms with van der Waals surface area (Å²) in [5.41, 5.74) is 5.69. The fourth-order valence-corrected chi connectivity index (χ4v) is 7.03. The van der Waals surface area contributed by atoms with Crippen LogP contribution in [-0.2, 0) is 14.3 Å². The van der Waals surface area contributed by atoms with Gasteiger partial charge in [0.15, 0.2) is 5.78 Å². The third-order valence-corrected chi connectivity index (χ3v) is 9.57. The maximum absolute atomic E-state index is 12.3. The first-order valence-electron chi connectivity index (χ1n) is 16.2. The van der Waals surface area contributed by atoms with Gasteiger partial charge in [-0.1, -0.05) is 129 Å². The van der Waals surface area contributed by atoms with Crippen molar-refractivity contribution in [3.05, 3.63) is 119 Å². The number of aliphatic hydroxyl groups is 1. The highest BCUT2D eigenvalue weighted by Gasteiger charge is 2.74. The maximum Gasteiger partial charge on any atom is 0.158 e. The van der Waals surface area contributed by atoms with Crippen LogP contribution in [0.5, 0.6) is 0 Å². The van der Waals surface area contributed by atoms with Crippen molar-refractivity contribution in [3.63, 3.8) is 0 Å². The van der Waals surface area contributed by atoms with Gasteiger partial charge in [0.2, 0.25) is 0 Å². The summed E-state index contributed by atoms with van der Waals surface area (Å²) in [6, 6.07) is 0. The first kappa shape index (κ1) is 36.4. The van der Waals surface area contributed by atoms with Crippen molar-refractivity contribution in [1.29, 1.82) is 0 Å². The van der Waals surface area contributed by atoms with Gasteiger partial charge in [-0.3, -0.25) is 4.79 Å². The lowest BCUT2D eigenvalue weighted by atomic mass is 9.63. The summed E-state index contributed by atoms with van der Waals surface area (Å²) in [6.07, 6.45) is 31.2. The van der Waals surface area contributed by atoms with Crippen molar-refractivity contribution < 1.29 is 19.4 Å². The fraction of sp³-hybridized carbons (Fsp3) is 0.488. The Balaban J connectivity index is 1.53. The zero-order valence-electron chi connectivity index (χ0n) is 29.5. The summed E-state index contributed by atoms with van der Waals surface area (Å²) >= 11 is 0. The van der Waals surface area contributed by atoms with E-state index < -0.39 is 0 Å². The van der Waals surface area contributed by atoms with E-state index in [1.54, 1.807) is 14.0 Å². The molecule has 1 heterocycles. The molecule has 45 heavy (non-hydrogen) atoms. The van der Waals surface area contributed by atoms with Crippen molar-refractivity contribution in [2.75, 3.05) is 7.11 Å². The highest BCUT2D eigenvalue weighted by Crippen LogP contribution is 2.66.